The molecular formula is C11H17N3. The predicted molar refractivity (Wildman–Crippen MR) is 55.4 cm³/mol. The lowest BCUT2D eigenvalue weighted by atomic mass is 10.1. The lowest BCUT2D eigenvalue weighted by molar-refractivity contribution is 0.522. The molecule has 76 valence electrons. The number of nitrogens with one attached hydrogen (secondary N) is 1. The van der Waals surface area contributed by atoms with Gasteiger partial charge >= 0.3 is 0 Å². The summed E-state index contributed by atoms with van der Waals surface area (Å²) in [6, 6.07) is 0. The summed E-state index contributed by atoms with van der Waals surface area (Å²) in [5, 5.41) is 3.40. The van der Waals surface area contributed by atoms with Gasteiger partial charge in [-0.05, 0) is 25.8 Å². The van der Waals surface area contributed by atoms with Gasteiger partial charge in [0.15, 0.2) is 0 Å². The number of rotatable bonds is 1. The first-order valence-electron chi connectivity index (χ1n) is 5.70. The summed E-state index contributed by atoms with van der Waals surface area (Å²) in [5.41, 5.74) is 1.33. The zero-order valence-corrected chi connectivity index (χ0v) is 8.50. The van der Waals surface area contributed by atoms with Crippen molar-refractivity contribution in [3.8, 4) is 0 Å². The van der Waals surface area contributed by atoms with Crippen LogP contribution in [0, 0.1) is 0 Å². The molecule has 1 N–H and O–H groups in total. The lowest BCUT2D eigenvalue weighted by Gasteiger charge is -2.11. The van der Waals surface area contributed by atoms with Gasteiger partial charge in [0.1, 0.15) is 5.82 Å². The van der Waals surface area contributed by atoms with Gasteiger partial charge in [0.05, 0.1) is 5.69 Å². The monoisotopic (exact) mass is 191 g/mol. The van der Waals surface area contributed by atoms with Gasteiger partial charge in [0, 0.05) is 31.6 Å². The molecule has 0 bridgehead atoms. The second kappa shape index (κ2) is 3.39. The van der Waals surface area contributed by atoms with E-state index in [0.29, 0.717) is 5.92 Å². The Morgan fingerprint density at radius 1 is 1.43 bits per heavy atom. The van der Waals surface area contributed by atoms with E-state index in [-0.39, 0.29) is 0 Å². The van der Waals surface area contributed by atoms with Crippen molar-refractivity contribution in [3.63, 3.8) is 0 Å². The SMILES string of the molecule is c1c(C2CCNC2)nc2n1CCCC2. The van der Waals surface area contributed by atoms with E-state index >= 15 is 0 Å². The van der Waals surface area contributed by atoms with Crippen molar-refractivity contribution >= 4 is 0 Å². The van der Waals surface area contributed by atoms with Gasteiger partial charge in [0.2, 0.25) is 0 Å². The van der Waals surface area contributed by atoms with Gasteiger partial charge in [-0.15, -0.1) is 0 Å². The van der Waals surface area contributed by atoms with E-state index in [1.165, 1.54) is 43.7 Å². The van der Waals surface area contributed by atoms with Crippen LogP contribution in [-0.4, -0.2) is 22.6 Å². The second-order valence-corrected chi connectivity index (χ2v) is 4.42. The Balaban J connectivity index is 1.87. The number of fused-ring (bicyclic) bond motifs is 1. The first-order valence-corrected chi connectivity index (χ1v) is 5.70. The molecule has 2 aliphatic heterocycles. The molecule has 1 aromatic rings. The highest BCUT2D eigenvalue weighted by molar-refractivity contribution is 5.13. The summed E-state index contributed by atoms with van der Waals surface area (Å²) in [6.07, 6.45) is 7.37. The molecule has 1 unspecified atom stereocenters. The fourth-order valence-corrected chi connectivity index (χ4v) is 2.54. The van der Waals surface area contributed by atoms with Crippen molar-refractivity contribution in [1.82, 2.24) is 14.9 Å². The van der Waals surface area contributed by atoms with E-state index in [0.717, 1.165) is 13.1 Å². The molecule has 1 saturated heterocycles. The number of nitrogens with zero attached hydrogens (tertiary/aromatic N) is 2. The van der Waals surface area contributed by atoms with Crippen LogP contribution in [0.3, 0.4) is 0 Å². The van der Waals surface area contributed by atoms with E-state index < -0.39 is 0 Å². The molecule has 0 saturated carbocycles. The molecule has 3 heterocycles. The number of hydrogen-bond acceptors (Lipinski definition) is 2. The Labute approximate surface area is 84.5 Å². The van der Waals surface area contributed by atoms with E-state index in [4.69, 9.17) is 4.98 Å². The molecule has 14 heavy (non-hydrogen) atoms. The highest BCUT2D eigenvalue weighted by Crippen LogP contribution is 2.23. The van der Waals surface area contributed by atoms with Crippen LogP contribution >= 0.6 is 0 Å². The van der Waals surface area contributed by atoms with E-state index in [9.17, 15) is 0 Å². The minimum absolute atomic E-state index is 0.674. The third-order valence-corrected chi connectivity index (χ3v) is 3.41. The van der Waals surface area contributed by atoms with Gasteiger partial charge in [-0.2, -0.15) is 0 Å². The first kappa shape index (κ1) is 8.48. The Kier molecular flexibility index (Phi) is 2.05. The molecule has 0 aliphatic carbocycles. The molecule has 1 atom stereocenters. The van der Waals surface area contributed by atoms with E-state index in [1.54, 1.807) is 0 Å². The molecule has 0 aromatic carbocycles. The van der Waals surface area contributed by atoms with Crippen molar-refractivity contribution < 1.29 is 0 Å². The fourth-order valence-electron chi connectivity index (χ4n) is 2.54. The number of aryl methyl sites for hydroxylation is 2. The van der Waals surface area contributed by atoms with Gasteiger partial charge in [-0.25, -0.2) is 4.98 Å². The lowest BCUT2D eigenvalue weighted by Crippen LogP contribution is -2.09. The third-order valence-electron chi connectivity index (χ3n) is 3.41. The van der Waals surface area contributed by atoms with Crippen LogP contribution in [0.1, 0.15) is 36.7 Å². The quantitative estimate of drug-likeness (QED) is 0.725. The van der Waals surface area contributed by atoms with Crippen LogP contribution < -0.4 is 5.32 Å². The summed E-state index contributed by atoms with van der Waals surface area (Å²) in [4.78, 5) is 4.76. The topological polar surface area (TPSA) is 29.9 Å². The maximum Gasteiger partial charge on any atom is 0.108 e. The highest BCUT2D eigenvalue weighted by atomic mass is 15.1. The van der Waals surface area contributed by atoms with Crippen LogP contribution in [0.2, 0.25) is 0 Å². The van der Waals surface area contributed by atoms with E-state index in [1.807, 2.05) is 0 Å². The van der Waals surface area contributed by atoms with Gasteiger partial charge in [0.25, 0.3) is 0 Å². The minimum atomic E-state index is 0.674. The average molecular weight is 191 g/mol. The molecule has 1 fully saturated rings. The van der Waals surface area contributed by atoms with Crippen LogP contribution in [0.15, 0.2) is 6.20 Å². The maximum atomic E-state index is 4.76. The Morgan fingerprint density at radius 2 is 2.43 bits per heavy atom. The van der Waals surface area contributed by atoms with Crippen molar-refractivity contribution in [1.29, 1.82) is 0 Å². The average Bonchev–Trinajstić information content (AvgIpc) is 2.86. The smallest absolute Gasteiger partial charge is 0.108 e. The molecule has 0 amide bonds. The van der Waals surface area contributed by atoms with Crippen LogP contribution in [0.5, 0.6) is 0 Å². The number of hydrogen-bond donors (Lipinski definition) is 1. The zero-order valence-electron chi connectivity index (χ0n) is 8.50. The standard InChI is InChI=1S/C11H17N3/c1-2-6-14-8-10(13-11(14)3-1)9-4-5-12-7-9/h8-9,12H,1-7H2. The van der Waals surface area contributed by atoms with Gasteiger partial charge in [-0.3, -0.25) is 0 Å². The molecule has 3 rings (SSSR count). The largest absolute Gasteiger partial charge is 0.335 e. The highest BCUT2D eigenvalue weighted by Gasteiger charge is 2.21. The molecule has 3 heteroatoms. The number of aromatic nitrogens is 2. The summed E-state index contributed by atoms with van der Waals surface area (Å²) in [5.74, 6) is 1.99. The van der Waals surface area contributed by atoms with Crippen molar-refractivity contribution in [2.45, 2.75) is 38.1 Å². The van der Waals surface area contributed by atoms with Gasteiger partial charge in [-0.1, -0.05) is 0 Å². The van der Waals surface area contributed by atoms with Crippen LogP contribution in [0.25, 0.3) is 0 Å². The van der Waals surface area contributed by atoms with Crippen LogP contribution in [0.4, 0.5) is 0 Å². The fraction of sp³-hybridized carbons (Fsp3) is 0.727. The van der Waals surface area contributed by atoms with E-state index in [2.05, 4.69) is 16.1 Å². The molecule has 0 spiro atoms. The Morgan fingerprint density at radius 3 is 3.21 bits per heavy atom. The van der Waals surface area contributed by atoms with Crippen molar-refractivity contribution in [2.24, 2.45) is 0 Å². The summed E-state index contributed by atoms with van der Waals surface area (Å²) in [7, 11) is 0. The van der Waals surface area contributed by atoms with Crippen LogP contribution in [-0.2, 0) is 13.0 Å². The summed E-state index contributed by atoms with van der Waals surface area (Å²) in [6.45, 7) is 3.46. The summed E-state index contributed by atoms with van der Waals surface area (Å²) < 4.78 is 2.36. The molecule has 2 aliphatic rings. The van der Waals surface area contributed by atoms with Crippen molar-refractivity contribution in [3.05, 3.63) is 17.7 Å². The maximum absolute atomic E-state index is 4.76. The number of imidazole rings is 1. The first-order chi connectivity index (χ1) is 6.93. The summed E-state index contributed by atoms with van der Waals surface area (Å²) >= 11 is 0. The normalized spacial score (nSPS) is 26.4. The predicted octanol–water partition coefficient (Wildman–Crippen LogP) is 1.30. The molecule has 1 aromatic heterocycles. The molecule has 3 nitrogen and oxygen atoms in total. The van der Waals surface area contributed by atoms with Gasteiger partial charge < -0.3 is 9.88 Å². The second-order valence-electron chi connectivity index (χ2n) is 4.42. The Hall–Kier alpha value is -0.830. The molecular weight excluding hydrogens is 174 g/mol. The third kappa shape index (κ3) is 1.36. The zero-order chi connectivity index (χ0) is 9.38. The van der Waals surface area contributed by atoms with Crippen molar-refractivity contribution in [2.75, 3.05) is 13.1 Å². The minimum Gasteiger partial charge on any atom is -0.335 e. The Bertz CT molecular complexity index is 300. The molecule has 0 radical (unpaired) electrons.